The number of rotatable bonds is 0. The minimum atomic E-state index is -1.16. The zero-order chi connectivity index (χ0) is 3.58. The molecule has 0 bridgehead atoms. The first-order chi connectivity index (χ1) is 1.73. The second-order valence-electron chi connectivity index (χ2n) is 0.192. The number of hydrogen-bond donors (Lipinski definition) is 0. The molecule has 0 unspecified atom stereocenters. The van der Waals surface area contributed by atoms with Crippen molar-refractivity contribution in [3.8, 4) is 0 Å². The maximum atomic E-state index is 3.31. The van der Waals surface area contributed by atoms with Crippen LogP contribution in [0.25, 0.3) is 0 Å². The maximum absolute atomic E-state index is 3.31. The van der Waals surface area contributed by atoms with E-state index in [4.69, 9.17) is 0 Å². The van der Waals surface area contributed by atoms with Crippen molar-refractivity contribution < 1.29 is 52.8 Å². The first kappa shape index (κ1) is 11.7. The van der Waals surface area contributed by atoms with Gasteiger partial charge in [0.05, 0.1) is 0 Å². The summed E-state index contributed by atoms with van der Waals surface area (Å²) in [4.78, 5) is 0. The average Bonchev–Trinajstić information content (AvgIpc) is 0.811. The molecule has 0 spiro atoms. The van der Waals surface area contributed by atoms with Crippen molar-refractivity contribution in [1.82, 2.24) is 0 Å². The fourth-order valence-corrected chi connectivity index (χ4v) is 0. The van der Waals surface area contributed by atoms with Crippen molar-refractivity contribution in [2.24, 2.45) is 0 Å². The summed E-state index contributed by atoms with van der Waals surface area (Å²) in [6.07, 6.45) is 0. The largest absolute Gasteiger partial charge is 1.00 e. The molecule has 0 atom stereocenters. The van der Waals surface area contributed by atoms with Gasteiger partial charge in [-0.1, -0.05) is 0 Å². The van der Waals surface area contributed by atoms with Crippen LogP contribution in [0.4, 0.5) is 0 Å². The predicted octanol–water partition coefficient (Wildman–Crippen LogP) is -0.728. The first-order valence-electron chi connectivity index (χ1n) is 0.507. The number of hydrogen-bond acceptors (Lipinski definition) is 0. The predicted molar refractivity (Wildman–Crippen MR) is 33.6 cm³/mol. The van der Waals surface area contributed by atoms with Crippen molar-refractivity contribution in [2.45, 2.75) is 0 Å². The van der Waals surface area contributed by atoms with E-state index >= 15 is 0 Å². The van der Waals surface area contributed by atoms with Crippen LogP contribution in [0.15, 0.2) is 0 Å². The molecule has 0 aromatic heterocycles. The van der Waals surface area contributed by atoms with Crippen LogP contribution in [-0.2, 0) is 0 Å². The molecule has 0 aliphatic heterocycles. The first-order valence-corrected chi connectivity index (χ1v) is 23.1. The molecule has 28 valence electrons. The Balaban J connectivity index is -0.0000000450. The standard InChI is InChI=1S/Bi.3BrH.K.H/h;3*1H;;/q+3;;;;+1;-1/p-3. The summed E-state index contributed by atoms with van der Waals surface area (Å²) in [5.41, 5.74) is 0. The van der Waals surface area contributed by atoms with Gasteiger partial charge in [0.15, 0.2) is 0 Å². The molecule has 0 N–H and O–H groups in total. The van der Waals surface area contributed by atoms with Crippen LogP contribution in [-0.4, -0.2) is 14.7 Å². The molecular weight excluding hydrogens is 488 g/mol. The fraction of sp³-hybridized carbons (Fsp3) is 0. The molecule has 0 rings (SSSR count). The smallest absolute Gasteiger partial charge is 1.00 e. The summed E-state index contributed by atoms with van der Waals surface area (Å²) in [6, 6.07) is 0. The molecule has 0 nitrogen and oxygen atoms in total. The molecular formula is HBiBr3K. The van der Waals surface area contributed by atoms with Gasteiger partial charge in [-0.15, -0.1) is 0 Å². The van der Waals surface area contributed by atoms with Gasteiger partial charge in [0.1, 0.15) is 0 Å². The van der Waals surface area contributed by atoms with E-state index in [0.29, 0.717) is 0 Å². The Labute approximate surface area is 101 Å². The summed E-state index contributed by atoms with van der Waals surface area (Å²) in [5.74, 6) is 0. The Morgan fingerprint density at radius 3 is 1.20 bits per heavy atom. The second-order valence-corrected chi connectivity index (χ2v) is 45.4. The molecule has 0 saturated heterocycles. The summed E-state index contributed by atoms with van der Waals surface area (Å²) < 4.78 is 0. The van der Waals surface area contributed by atoms with E-state index in [9.17, 15) is 0 Å². The van der Waals surface area contributed by atoms with Gasteiger partial charge in [-0.3, -0.25) is 0 Å². The molecule has 5 heteroatoms. The summed E-state index contributed by atoms with van der Waals surface area (Å²) in [7, 11) is 0. The molecule has 0 aliphatic rings. The third-order valence-corrected chi connectivity index (χ3v) is 0. The minimum Gasteiger partial charge on any atom is -1.00 e. The molecule has 0 radical (unpaired) electrons. The molecule has 0 aromatic carbocycles. The zero-order valence-electron chi connectivity index (χ0n) is 3.58. The Morgan fingerprint density at radius 1 is 1.20 bits per heavy atom. The van der Waals surface area contributed by atoms with Gasteiger partial charge in [0.25, 0.3) is 0 Å². The summed E-state index contributed by atoms with van der Waals surface area (Å²) in [5, 5.41) is 0. The molecule has 0 fully saturated rings. The van der Waals surface area contributed by atoms with Crippen molar-refractivity contribution in [2.75, 3.05) is 0 Å². The Morgan fingerprint density at radius 2 is 1.20 bits per heavy atom. The van der Waals surface area contributed by atoms with E-state index in [1.165, 1.54) is 0 Å². The van der Waals surface area contributed by atoms with Crippen molar-refractivity contribution in [3.63, 3.8) is 0 Å². The Kier molecular flexibility index (Phi) is 18.7. The van der Waals surface area contributed by atoms with Gasteiger partial charge in [-0.25, -0.2) is 0 Å². The molecule has 0 amide bonds. The van der Waals surface area contributed by atoms with Gasteiger partial charge < -0.3 is 1.43 Å². The average molecular weight is 489 g/mol. The second kappa shape index (κ2) is 7.96. The quantitative estimate of drug-likeness (QED) is 0.395. The SMILES string of the molecule is [Br][Bi]([Br])[Br].[H-].[K+]. The summed E-state index contributed by atoms with van der Waals surface area (Å²) >= 11 is 8.77. The van der Waals surface area contributed by atoms with Crippen LogP contribution in [0.3, 0.4) is 0 Å². The monoisotopic (exact) mass is 486 g/mol. The third kappa shape index (κ3) is 18.0. The van der Waals surface area contributed by atoms with E-state index in [-0.39, 0.29) is 52.8 Å². The molecule has 0 heterocycles. The topological polar surface area (TPSA) is 0 Å². The fourth-order valence-electron chi connectivity index (χ4n) is 0. The molecule has 5 heavy (non-hydrogen) atoms. The van der Waals surface area contributed by atoms with E-state index < -0.39 is 14.7 Å². The van der Waals surface area contributed by atoms with Gasteiger partial charge in [0, 0.05) is 0 Å². The summed E-state index contributed by atoms with van der Waals surface area (Å²) in [6.45, 7) is 0. The maximum Gasteiger partial charge on any atom is 1.00 e. The van der Waals surface area contributed by atoms with Crippen molar-refractivity contribution in [1.29, 1.82) is 0 Å². The van der Waals surface area contributed by atoms with Crippen LogP contribution >= 0.6 is 36.7 Å². The Hall–Kier alpha value is 3.96. The zero-order valence-corrected chi connectivity index (χ0v) is 13.9. The van der Waals surface area contributed by atoms with Crippen LogP contribution in [0.5, 0.6) is 0 Å². The van der Waals surface area contributed by atoms with E-state index in [0.717, 1.165) is 0 Å². The van der Waals surface area contributed by atoms with Gasteiger partial charge in [-0.05, 0) is 0 Å². The van der Waals surface area contributed by atoms with E-state index in [1.807, 2.05) is 0 Å². The van der Waals surface area contributed by atoms with E-state index in [1.54, 1.807) is 0 Å². The van der Waals surface area contributed by atoms with Crippen LogP contribution < -0.4 is 51.4 Å². The molecule has 0 aromatic rings. The van der Waals surface area contributed by atoms with Crippen molar-refractivity contribution in [3.05, 3.63) is 0 Å². The number of halogens is 3. The van der Waals surface area contributed by atoms with E-state index in [2.05, 4.69) is 36.7 Å². The Bertz CT molecular complexity index is 15.5. The third-order valence-electron chi connectivity index (χ3n) is 0. The molecule has 0 saturated carbocycles. The van der Waals surface area contributed by atoms with Crippen LogP contribution in [0, 0.1) is 0 Å². The van der Waals surface area contributed by atoms with Gasteiger partial charge in [0.2, 0.25) is 0 Å². The molecule has 0 aliphatic carbocycles. The van der Waals surface area contributed by atoms with Gasteiger partial charge >= 0.3 is 103 Å². The van der Waals surface area contributed by atoms with Crippen LogP contribution in [0.1, 0.15) is 1.43 Å². The van der Waals surface area contributed by atoms with Crippen molar-refractivity contribution >= 4 is 51.4 Å². The normalized spacial score (nSPS) is 7.20. The van der Waals surface area contributed by atoms with Gasteiger partial charge in [-0.2, -0.15) is 0 Å². The minimum absolute atomic E-state index is 0. The van der Waals surface area contributed by atoms with Crippen LogP contribution in [0.2, 0.25) is 0 Å².